The molecule has 2 nitrogen and oxygen atoms in total. The van der Waals surface area contributed by atoms with Gasteiger partial charge in [0.25, 0.3) is 0 Å². The summed E-state index contributed by atoms with van der Waals surface area (Å²) in [6.07, 6.45) is 10.0. The molecule has 0 fully saturated rings. The van der Waals surface area contributed by atoms with Crippen molar-refractivity contribution >= 4 is 12.2 Å². The highest BCUT2D eigenvalue weighted by Gasteiger charge is 2.02. The Kier molecular flexibility index (Phi) is 8.67. The summed E-state index contributed by atoms with van der Waals surface area (Å²) in [5, 5.41) is 0. The van der Waals surface area contributed by atoms with E-state index in [0.29, 0.717) is 0 Å². The van der Waals surface area contributed by atoms with E-state index in [1.807, 2.05) is 36.4 Å². The molecule has 2 aromatic rings. The second-order valence-corrected chi connectivity index (χ2v) is 6.11. The van der Waals surface area contributed by atoms with Crippen LogP contribution in [0.3, 0.4) is 0 Å². The summed E-state index contributed by atoms with van der Waals surface area (Å²) >= 11 is 0. The van der Waals surface area contributed by atoms with Gasteiger partial charge in [-0.2, -0.15) is 8.78 Å². The first-order valence-electron chi connectivity index (χ1n) is 9.13. The van der Waals surface area contributed by atoms with Crippen molar-refractivity contribution in [2.75, 3.05) is 6.61 Å². The maximum atomic E-state index is 12.1. The Morgan fingerprint density at radius 2 is 1.31 bits per heavy atom. The van der Waals surface area contributed by atoms with Gasteiger partial charge in [-0.25, -0.2) is 0 Å². The van der Waals surface area contributed by atoms with Gasteiger partial charge >= 0.3 is 6.61 Å². The molecule has 2 rings (SSSR count). The van der Waals surface area contributed by atoms with Crippen LogP contribution < -0.4 is 9.47 Å². The van der Waals surface area contributed by atoms with Crippen LogP contribution in [0.2, 0.25) is 0 Å². The van der Waals surface area contributed by atoms with Crippen molar-refractivity contribution in [3.05, 3.63) is 59.7 Å². The summed E-state index contributed by atoms with van der Waals surface area (Å²) in [5.74, 6) is 1.04. The minimum atomic E-state index is -2.80. The highest BCUT2D eigenvalue weighted by Crippen LogP contribution is 2.18. The Bertz CT molecular complexity index is 649. The molecule has 0 aliphatic heterocycles. The van der Waals surface area contributed by atoms with Crippen molar-refractivity contribution in [1.82, 2.24) is 0 Å². The lowest BCUT2D eigenvalue weighted by Gasteiger charge is -2.06. The van der Waals surface area contributed by atoms with Crippen LogP contribution in [0.25, 0.3) is 12.2 Å². The van der Waals surface area contributed by atoms with E-state index in [9.17, 15) is 8.78 Å². The topological polar surface area (TPSA) is 18.5 Å². The van der Waals surface area contributed by atoms with Crippen molar-refractivity contribution in [3.8, 4) is 11.5 Å². The van der Waals surface area contributed by atoms with E-state index in [1.165, 1.54) is 37.8 Å². The van der Waals surface area contributed by atoms with Gasteiger partial charge in [-0.3, -0.25) is 0 Å². The smallest absolute Gasteiger partial charge is 0.387 e. The van der Waals surface area contributed by atoms with Gasteiger partial charge in [0.2, 0.25) is 0 Å². The second-order valence-electron chi connectivity index (χ2n) is 6.11. The van der Waals surface area contributed by atoms with Gasteiger partial charge in [0.1, 0.15) is 11.5 Å². The lowest BCUT2D eigenvalue weighted by atomic mass is 10.1. The zero-order valence-electron chi connectivity index (χ0n) is 15.2. The van der Waals surface area contributed by atoms with Crippen molar-refractivity contribution in [3.63, 3.8) is 0 Å². The average molecular weight is 360 g/mol. The summed E-state index contributed by atoms with van der Waals surface area (Å²) < 4.78 is 34.3. The monoisotopic (exact) mass is 360 g/mol. The molecule has 0 unspecified atom stereocenters. The minimum absolute atomic E-state index is 0.161. The fourth-order valence-corrected chi connectivity index (χ4v) is 2.52. The molecule has 0 spiro atoms. The molecular formula is C22H26F2O2. The molecule has 0 amide bonds. The van der Waals surface area contributed by atoms with Crippen LogP contribution in [0.4, 0.5) is 8.78 Å². The summed E-state index contributed by atoms with van der Waals surface area (Å²) in [6.45, 7) is 0.170. The molecule has 0 bridgehead atoms. The van der Waals surface area contributed by atoms with E-state index >= 15 is 0 Å². The molecule has 0 N–H and O–H groups in total. The van der Waals surface area contributed by atoms with Gasteiger partial charge in [-0.05, 0) is 41.8 Å². The Hall–Kier alpha value is -2.36. The van der Waals surface area contributed by atoms with Crippen molar-refractivity contribution in [1.29, 1.82) is 0 Å². The third kappa shape index (κ3) is 7.68. The number of hydrogen-bond acceptors (Lipinski definition) is 2. The Morgan fingerprint density at radius 1 is 0.769 bits per heavy atom. The normalized spacial score (nSPS) is 11.2. The molecule has 0 aliphatic carbocycles. The van der Waals surface area contributed by atoms with E-state index in [4.69, 9.17) is 4.74 Å². The molecule has 0 heterocycles. The highest BCUT2D eigenvalue weighted by molar-refractivity contribution is 5.70. The van der Waals surface area contributed by atoms with E-state index in [1.54, 1.807) is 12.1 Å². The maximum Gasteiger partial charge on any atom is 0.387 e. The van der Waals surface area contributed by atoms with Gasteiger partial charge in [-0.15, -0.1) is 0 Å². The third-order valence-electron chi connectivity index (χ3n) is 3.97. The van der Waals surface area contributed by atoms with E-state index in [2.05, 4.69) is 11.7 Å². The third-order valence-corrected chi connectivity index (χ3v) is 3.97. The molecule has 4 heteroatoms. The van der Waals surface area contributed by atoms with Crippen LogP contribution in [0.5, 0.6) is 11.5 Å². The molecule has 0 atom stereocenters. The van der Waals surface area contributed by atoms with Crippen molar-refractivity contribution in [2.24, 2.45) is 0 Å². The first kappa shape index (κ1) is 20.0. The number of unbranched alkanes of at least 4 members (excludes halogenated alkanes) is 4. The first-order chi connectivity index (χ1) is 12.7. The number of ether oxygens (including phenoxy) is 2. The Morgan fingerprint density at radius 3 is 1.85 bits per heavy atom. The molecule has 0 aliphatic rings. The minimum Gasteiger partial charge on any atom is -0.494 e. The fraction of sp³-hybridized carbons (Fsp3) is 0.364. The average Bonchev–Trinajstić information content (AvgIpc) is 2.64. The van der Waals surface area contributed by atoms with Gasteiger partial charge in [0.15, 0.2) is 0 Å². The highest BCUT2D eigenvalue weighted by atomic mass is 19.3. The number of alkyl halides is 2. The number of benzene rings is 2. The van der Waals surface area contributed by atoms with Crippen LogP contribution >= 0.6 is 0 Å². The quantitative estimate of drug-likeness (QED) is 0.324. The zero-order chi connectivity index (χ0) is 18.6. The van der Waals surface area contributed by atoms with E-state index in [-0.39, 0.29) is 5.75 Å². The molecule has 26 heavy (non-hydrogen) atoms. The molecule has 140 valence electrons. The largest absolute Gasteiger partial charge is 0.494 e. The summed E-state index contributed by atoms with van der Waals surface area (Å²) in [5.41, 5.74) is 1.97. The van der Waals surface area contributed by atoms with Crippen LogP contribution in [0.1, 0.15) is 50.2 Å². The lowest BCUT2D eigenvalue weighted by Crippen LogP contribution is -2.01. The predicted molar refractivity (Wildman–Crippen MR) is 103 cm³/mol. The summed E-state index contributed by atoms with van der Waals surface area (Å²) in [4.78, 5) is 0. The zero-order valence-corrected chi connectivity index (χ0v) is 15.2. The number of rotatable bonds is 11. The molecule has 0 radical (unpaired) electrons. The van der Waals surface area contributed by atoms with E-state index < -0.39 is 6.61 Å². The first-order valence-corrected chi connectivity index (χ1v) is 9.13. The van der Waals surface area contributed by atoms with Gasteiger partial charge in [-0.1, -0.05) is 69.0 Å². The standard InChI is InChI=1S/C22H26F2O2/c1-2-3-4-5-6-17-25-20-13-9-18(10-14-20)7-8-19-11-15-21(16-12-19)26-22(23)24/h7-16,22H,2-6,17H2,1H3. The number of halogens is 2. The van der Waals surface area contributed by atoms with Gasteiger partial charge in [0, 0.05) is 0 Å². The van der Waals surface area contributed by atoms with Crippen LogP contribution in [0, 0.1) is 0 Å². The van der Waals surface area contributed by atoms with Gasteiger partial charge in [0.05, 0.1) is 6.61 Å². The van der Waals surface area contributed by atoms with Crippen LogP contribution in [-0.2, 0) is 0 Å². The van der Waals surface area contributed by atoms with E-state index in [0.717, 1.165) is 29.9 Å². The second kappa shape index (κ2) is 11.3. The molecule has 0 aromatic heterocycles. The van der Waals surface area contributed by atoms with Gasteiger partial charge < -0.3 is 9.47 Å². The molecule has 0 saturated heterocycles. The lowest BCUT2D eigenvalue weighted by molar-refractivity contribution is -0.0498. The summed E-state index contributed by atoms with van der Waals surface area (Å²) in [7, 11) is 0. The van der Waals surface area contributed by atoms with Crippen LogP contribution in [-0.4, -0.2) is 13.2 Å². The van der Waals surface area contributed by atoms with Crippen LogP contribution in [0.15, 0.2) is 48.5 Å². The Labute approximate surface area is 154 Å². The molecule has 2 aromatic carbocycles. The fourth-order valence-electron chi connectivity index (χ4n) is 2.52. The van der Waals surface area contributed by atoms with Crippen molar-refractivity contribution in [2.45, 2.75) is 45.6 Å². The SMILES string of the molecule is CCCCCCCOc1ccc(C=Cc2ccc(OC(F)F)cc2)cc1. The molecule has 0 saturated carbocycles. The number of hydrogen-bond donors (Lipinski definition) is 0. The molecular weight excluding hydrogens is 334 g/mol. The van der Waals surface area contributed by atoms with Crippen molar-refractivity contribution < 1.29 is 18.3 Å². The summed E-state index contributed by atoms with van der Waals surface area (Å²) in [6, 6.07) is 14.5. The Balaban J connectivity index is 1.78. The predicted octanol–water partition coefficient (Wildman–Crippen LogP) is 6.81. The maximum absolute atomic E-state index is 12.1.